The number of benzene rings is 1. The Labute approximate surface area is 117 Å². The van der Waals surface area contributed by atoms with Gasteiger partial charge in [0.2, 0.25) is 0 Å². The van der Waals surface area contributed by atoms with Gasteiger partial charge in [0.25, 0.3) is 0 Å². The number of nitrogens with zero attached hydrogens (tertiary/aromatic N) is 2. The minimum absolute atomic E-state index is 0.0787. The van der Waals surface area contributed by atoms with Crippen molar-refractivity contribution < 1.29 is 14.7 Å². The smallest absolute Gasteiger partial charge is 0.326 e. The van der Waals surface area contributed by atoms with Crippen LogP contribution in [-0.2, 0) is 11.2 Å². The Bertz CT molecular complexity index is 558. The van der Waals surface area contributed by atoms with Crippen LogP contribution in [0.25, 0.3) is 0 Å². The lowest BCUT2D eigenvalue weighted by atomic mass is 10.1. The van der Waals surface area contributed by atoms with Gasteiger partial charge in [0, 0.05) is 18.3 Å². The maximum Gasteiger partial charge on any atom is 0.326 e. The molecule has 1 fully saturated rings. The van der Waals surface area contributed by atoms with Gasteiger partial charge in [0.1, 0.15) is 6.04 Å². The van der Waals surface area contributed by atoms with Gasteiger partial charge in [-0.25, -0.2) is 9.59 Å². The Morgan fingerprint density at radius 2 is 2.05 bits per heavy atom. The van der Waals surface area contributed by atoms with E-state index in [0.29, 0.717) is 13.0 Å². The van der Waals surface area contributed by atoms with E-state index in [9.17, 15) is 14.7 Å². The van der Waals surface area contributed by atoms with Crippen molar-refractivity contribution in [1.82, 2.24) is 4.90 Å². The third kappa shape index (κ3) is 1.94. The van der Waals surface area contributed by atoms with Crippen molar-refractivity contribution in [2.45, 2.75) is 38.3 Å². The maximum atomic E-state index is 12.7. The van der Waals surface area contributed by atoms with Crippen LogP contribution in [-0.4, -0.2) is 40.6 Å². The molecule has 1 aromatic carbocycles. The van der Waals surface area contributed by atoms with Crippen molar-refractivity contribution in [3.8, 4) is 0 Å². The van der Waals surface area contributed by atoms with Crippen LogP contribution in [0.15, 0.2) is 24.3 Å². The van der Waals surface area contributed by atoms with E-state index in [1.807, 2.05) is 31.2 Å². The second kappa shape index (κ2) is 4.81. The molecule has 2 aliphatic heterocycles. The normalized spacial score (nSPS) is 24.9. The van der Waals surface area contributed by atoms with Crippen LogP contribution < -0.4 is 4.90 Å². The molecule has 0 radical (unpaired) electrons. The lowest BCUT2D eigenvalue weighted by Crippen LogP contribution is -2.50. The zero-order chi connectivity index (χ0) is 14.3. The van der Waals surface area contributed by atoms with E-state index < -0.39 is 12.0 Å². The standard InChI is InChI=1S/C15H18N2O3/c1-10-9-11-5-2-3-6-12(11)17(10)15(20)16-8-4-7-13(16)14(18)19/h2-3,5-6,10,13H,4,7-9H2,1H3,(H,18,19)/t10?,13-/m0/s1. The fourth-order valence-electron chi connectivity index (χ4n) is 3.25. The van der Waals surface area contributed by atoms with Crippen molar-refractivity contribution in [2.75, 3.05) is 11.4 Å². The molecule has 0 bridgehead atoms. The number of likely N-dealkylation sites (tertiary alicyclic amines) is 1. The monoisotopic (exact) mass is 274 g/mol. The molecular weight excluding hydrogens is 256 g/mol. The van der Waals surface area contributed by atoms with Crippen molar-refractivity contribution >= 4 is 17.7 Å². The number of fused-ring (bicyclic) bond motifs is 1. The number of aliphatic carboxylic acids is 1. The average Bonchev–Trinajstić information content (AvgIpc) is 3.01. The Morgan fingerprint density at radius 3 is 2.80 bits per heavy atom. The summed E-state index contributed by atoms with van der Waals surface area (Å²) in [4.78, 5) is 27.2. The molecule has 1 aromatic rings. The second-order valence-corrected chi connectivity index (χ2v) is 5.52. The van der Waals surface area contributed by atoms with Gasteiger partial charge in [-0.2, -0.15) is 0 Å². The fraction of sp³-hybridized carbons (Fsp3) is 0.467. The molecular formula is C15H18N2O3. The van der Waals surface area contributed by atoms with E-state index in [0.717, 1.165) is 24.1 Å². The first kappa shape index (κ1) is 13.0. The molecule has 0 aromatic heterocycles. The summed E-state index contributed by atoms with van der Waals surface area (Å²) in [7, 11) is 0. The summed E-state index contributed by atoms with van der Waals surface area (Å²) in [6.45, 7) is 2.53. The lowest BCUT2D eigenvalue weighted by Gasteiger charge is -2.30. The number of carboxylic acids is 1. The van der Waals surface area contributed by atoms with E-state index in [2.05, 4.69) is 0 Å². The topological polar surface area (TPSA) is 60.9 Å². The van der Waals surface area contributed by atoms with Crippen molar-refractivity contribution in [3.63, 3.8) is 0 Å². The van der Waals surface area contributed by atoms with E-state index in [1.165, 1.54) is 4.90 Å². The van der Waals surface area contributed by atoms with Gasteiger partial charge in [-0.15, -0.1) is 0 Å². The molecule has 20 heavy (non-hydrogen) atoms. The Morgan fingerprint density at radius 1 is 1.30 bits per heavy atom. The largest absolute Gasteiger partial charge is 0.480 e. The van der Waals surface area contributed by atoms with E-state index in [4.69, 9.17) is 0 Å². The molecule has 0 saturated carbocycles. The molecule has 0 aliphatic carbocycles. The molecule has 2 heterocycles. The molecule has 0 spiro atoms. The molecule has 5 heteroatoms. The lowest BCUT2D eigenvalue weighted by molar-refractivity contribution is -0.141. The third-order valence-corrected chi connectivity index (χ3v) is 4.20. The van der Waals surface area contributed by atoms with Crippen molar-refractivity contribution in [2.24, 2.45) is 0 Å². The summed E-state index contributed by atoms with van der Waals surface area (Å²) < 4.78 is 0. The minimum atomic E-state index is -0.906. The number of amides is 2. The number of para-hydroxylation sites is 1. The van der Waals surface area contributed by atoms with Gasteiger partial charge >= 0.3 is 12.0 Å². The van der Waals surface area contributed by atoms with E-state index in [1.54, 1.807) is 4.90 Å². The number of carbonyl (C=O) groups is 2. The molecule has 1 N–H and O–H groups in total. The van der Waals surface area contributed by atoms with Gasteiger partial charge in [-0.3, -0.25) is 4.90 Å². The highest BCUT2D eigenvalue weighted by atomic mass is 16.4. The van der Waals surface area contributed by atoms with E-state index in [-0.39, 0.29) is 12.1 Å². The summed E-state index contributed by atoms with van der Waals surface area (Å²) in [5, 5.41) is 9.22. The number of urea groups is 1. The zero-order valence-corrected chi connectivity index (χ0v) is 11.5. The number of anilines is 1. The maximum absolute atomic E-state index is 12.7. The summed E-state index contributed by atoms with van der Waals surface area (Å²) in [5.74, 6) is -0.906. The summed E-state index contributed by atoms with van der Waals surface area (Å²) >= 11 is 0. The Hall–Kier alpha value is -2.04. The SMILES string of the molecule is CC1Cc2ccccc2N1C(=O)N1CCC[C@H]1C(=O)O. The van der Waals surface area contributed by atoms with Gasteiger partial charge in [-0.1, -0.05) is 18.2 Å². The molecule has 2 aliphatic rings. The minimum Gasteiger partial charge on any atom is -0.480 e. The Kier molecular flexibility index (Phi) is 3.12. The van der Waals surface area contributed by atoms with Crippen LogP contribution >= 0.6 is 0 Å². The van der Waals surface area contributed by atoms with Gasteiger partial charge in [0.05, 0.1) is 0 Å². The van der Waals surface area contributed by atoms with Crippen molar-refractivity contribution in [3.05, 3.63) is 29.8 Å². The average molecular weight is 274 g/mol. The number of carboxylic acid groups (broad SMARTS) is 1. The third-order valence-electron chi connectivity index (χ3n) is 4.20. The Balaban J connectivity index is 1.89. The van der Waals surface area contributed by atoms with Crippen LogP contribution in [0.2, 0.25) is 0 Å². The summed E-state index contributed by atoms with van der Waals surface area (Å²) in [6.07, 6.45) is 2.13. The molecule has 106 valence electrons. The first-order valence-electron chi connectivity index (χ1n) is 7.00. The highest BCUT2D eigenvalue weighted by molar-refractivity contribution is 5.97. The number of hydrogen-bond donors (Lipinski definition) is 1. The quantitative estimate of drug-likeness (QED) is 0.853. The molecule has 3 rings (SSSR count). The highest BCUT2D eigenvalue weighted by Crippen LogP contribution is 2.34. The summed E-state index contributed by atoms with van der Waals surface area (Å²) in [6, 6.07) is 7.07. The molecule has 1 saturated heterocycles. The molecule has 2 atom stereocenters. The van der Waals surface area contributed by atoms with Crippen LogP contribution in [0.4, 0.5) is 10.5 Å². The predicted molar refractivity (Wildman–Crippen MR) is 74.8 cm³/mol. The zero-order valence-electron chi connectivity index (χ0n) is 11.5. The number of rotatable bonds is 1. The van der Waals surface area contributed by atoms with Crippen LogP contribution in [0.1, 0.15) is 25.3 Å². The highest BCUT2D eigenvalue weighted by Gasteiger charge is 2.40. The summed E-state index contributed by atoms with van der Waals surface area (Å²) in [5.41, 5.74) is 2.07. The van der Waals surface area contributed by atoms with Gasteiger partial charge < -0.3 is 10.0 Å². The molecule has 2 amide bonds. The fourth-order valence-corrected chi connectivity index (χ4v) is 3.25. The van der Waals surface area contributed by atoms with Crippen molar-refractivity contribution in [1.29, 1.82) is 0 Å². The van der Waals surface area contributed by atoms with Gasteiger partial charge in [0.15, 0.2) is 0 Å². The molecule has 5 nitrogen and oxygen atoms in total. The van der Waals surface area contributed by atoms with Gasteiger partial charge in [-0.05, 0) is 37.8 Å². The molecule has 1 unspecified atom stereocenters. The first-order valence-corrected chi connectivity index (χ1v) is 7.00. The number of hydrogen-bond acceptors (Lipinski definition) is 2. The van der Waals surface area contributed by atoms with Crippen LogP contribution in [0.3, 0.4) is 0 Å². The number of carbonyl (C=O) groups excluding carboxylic acids is 1. The first-order chi connectivity index (χ1) is 9.59. The van der Waals surface area contributed by atoms with Crippen LogP contribution in [0.5, 0.6) is 0 Å². The second-order valence-electron chi connectivity index (χ2n) is 5.52. The predicted octanol–water partition coefficient (Wildman–Crippen LogP) is 2.11. The van der Waals surface area contributed by atoms with Crippen LogP contribution in [0, 0.1) is 0 Å². The van der Waals surface area contributed by atoms with E-state index >= 15 is 0 Å².